The molecule has 1 atom stereocenters. The van der Waals surface area contributed by atoms with Crippen LogP contribution >= 0.6 is 0 Å². The smallest absolute Gasteiger partial charge is 0.270 e. The van der Waals surface area contributed by atoms with Crippen LogP contribution in [0.4, 0.5) is 0 Å². The van der Waals surface area contributed by atoms with Crippen molar-refractivity contribution in [2.45, 2.75) is 13.0 Å². The molecule has 3 rings (SSSR count). The molecule has 0 saturated heterocycles. The van der Waals surface area contributed by atoms with Crippen molar-refractivity contribution in [3.63, 3.8) is 0 Å². The minimum absolute atomic E-state index is 0.413. The van der Waals surface area contributed by atoms with Crippen LogP contribution in [0, 0.1) is 0 Å². The second-order valence-electron chi connectivity index (χ2n) is 6.51. The molecule has 0 aliphatic heterocycles. The number of hydrogen-bond acceptors (Lipinski definition) is 2. The van der Waals surface area contributed by atoms with Gasteiger partial charge in [0.25, 0.3) is 5.91 Å². The average Bonchev–Trinajstić information content (AvgIpc) is 2.77. The van der Waals surface area contributed by atoms with Crippen molar-refractivity contribution >= 4 is 24.1 Å². The maximum atomic E-state index is 12.2. The molecule has 0 aromatic heterocycles. The summed E-state index contributed by atoms with van der Waals surface area (Å²) in [4.78, 5) is 12.2. The number of rotatable bonds is 6. The molecule has 1 unspecified atom stereocenters. The monoisotopic (exact) mass is 369 g/mol. The maximum Gasteiger partial charge on any atom is 0.270 e. The van der Waals surface area contributed by atoms with Crippen molar-refractivity contribution in [3.8, 4) is 0 Å². The SMILES string of the molecule is CC(c1ccccc1)N(O)C(=O)C=Cc1ccc(C=Cc2ccccc2)cc1. The summed E-state index contributed by atoms with van der Waals surface area (Å²) in [5.41, 5.74) is 3.99. The highest BCUT2D eigenvalue weighted by molar-refractivity contribution is 5.91. The van der Waals surface area contributed by atoms with Crippen LogP contribution in [-0.4, -0.2) is 16.2 Å². The minimum atomic E-state index is -0.454. The van der Waals surface area contributed by atoms with E-state index in [2.05, 4.69) is 18.2 Å². The van der Waals surface area contributed by atoms with Gasteiger partial charge in [-0.1, -0.05) is 97.1 Å². The summed E-state index contributed by atoms with van der Waals surface area (Å²) in [5, 5.41) is 10.9. The molecule has 0 radical (unpaired) electrons. The van der Waals surface area contributed by atoms with E-state index in [-0.39, 0.29) is 0 Å². The van der Waals surface area contributed by atoms with Gasteiger partial charge in [0.05, 0.1) is 6.04 Å². The topological polar surface area (TPSA) is 40.5 Å². The summed E-state index contributed by atoms with van der Waals surface area (Å²) >= 11 is 0. The molecule has 3 aromatic rings. The fourth-order valence-electron chi connectivity index (χ4n) is 2.78. The lowest BCUT2D eigenvalue weighted by Crippen LogP contribution is -2.28. The van der Waals surface area contributed by atoms with Crippen molar-refractivity contribution in [1.82, 2.24) is 5.06 Å². The molecule has 3 aromatic carbocycles. The number of hydroxylamine groups is 2. The van der Waals surface area contributed by atoms with E-state index in [1.165, 1.54) is 6.08 Å². The van der Waals surface area contributed by atoms with Crippen LogP contribution in [0.25, 0.3) is 18.2 Å². The molecular weight excluding hydrogens is 346 g/mol. The molecule has 3 heteroatoms. The van der Waals surface area contributed by atoms with E-state index >= 15 is 0 Å². The van der Waals surface area contributed by atoms with Crippen molar-refractivity contribution in [2.24, 2.45) is 0 Å². The fraction of sp³-hybridized carbons (Fsp3) is 0.0800. The van der Waals surface area contributed by atoms with Gasteiger partial charge >= 0.3 is 0 Å². The first-order valence-corrected chi connectivity index (χ1v) is 9.22. The lowest BCUT2D eigenvalue weighted by Gasteiger charge is -2.21. The first-order valence-electron chi connectivity index (χ1n) is 9.22. The Morgan fingerprint density at radius 3 is 1.79 bits per heavy atom. The molecule has 0 heterocycles. The van der Waals surface area contributed by atoms with Gasteiger partial charge in [0.1, 0.15) is 0 Å². The third-order valence-electron chi connectivity index (χ3n) is 4.50. The van der Waals surface area contributed by atoms with E-state index in [9.17, 15) is 10.0 Å². The third kappa shape index (κ3) is 5.29. The number of carbonyl (C=O) groups is 1. The molecule has 140 valence electrons. The van der Waals surface area contributed by atoms with Gasteiger partial charge in [0.15, 0.2) is 0 Å². The molecule has 3 nitrogen and oxygen atoms in total. The lowest BCUT2D eigenvalue weighted by atomic mass is 10.1. The Balaban J connectivity index is 1.60. The number of amides is 1. The molecule has 0 aliphatic carbocycles. The second-order valence-corrected chi connectivity index (χ2v) is 6.51. The summed E-state index contributed by atoms with van der Waals surface area (Å²) in [7, 11) is 0. The van der Waals surface area contributed by atoms with Crippen LogP contribution in [0.15, 0.2) is 91.0 Å². The third-order valence-corrected chi connectivity index (χ3v) is 4.50. The fourth-order valence-corrected chi connectivity index (χ4v) is 2.78. The number of hydrogen-bond donors (Lipinski definition) is 1. The van der Waals surface area contributed by atoms with Gasteiger partial charge in [0, 0.05) is 6.08 Å². The summed E-state index contributed by atoms with van der Waals surface area (Å²) in [6.07, 6.45) is 7.19. The number of benzene rings is 3. The quantitative estimate of drug-likeness (QED) is 0.256. The predicted molar refractivity (Wildman–Crippen MR) is 114 cm³/mol. The Bertz CT molecular complexity index is 945. The van der Waals surface area contributed by atoms with Crippen molar-refractivity contribution in [3.05, 3.63) is 113 Å². The number of carbonyl (C=O) groups excluding carboxylic acids is 1. The highest BCUT2D eigenvalue weighted by Crippen LogP contribution is 2.18. The van der Waals surface area contributed by atoms with E-state index in [1.54, 1.807) is 13.0 Å². The van der Waals surface area contributed by atoms with E-state index < -0.39 is 11.9 Å². The van der Waals surface area contributed by atoms with Crippen molar-refractivity contribution in [1.29, 1.82) is 0 Å². The van der Waals surface area contributed by atoms with Gasteiger partial charge in [-0.15, -0.1) is 0 Å². The van der Waals surface area contributed by atoms with Crippen LogP contribution in [0.3, 0.4) is 0 Å². The molecule has 0 spiro atoms. The molecule has 0 aliphatic rings. The first kappa shape index (κ1) is 19.3. The zero-order valence-corrected chi connectivity index (χ0v) is 15.8. The van der Waals surface area contributed by atoms with Gasteiger partial charge < -0.3 is 0 Å². The molecule has 1 amide bonds. The zero-order chi connectivity index (χ0) is 19.8. The van der Waals surface area contributed by atoms with E-state index in [1.807, 2.05) is 78.9 Å². The average molecular weight is 369 g/mol. The van der Waals surface area contributed by atoms with Crippen LogP contribution in [0.1, 0.15) is 35.2 Å². The standard InChI is InChI=1S/C25H23NO2/c1-20(24-10-6-3-7-11-24)26(28)25(27)19-18-23-16-14-22(15-17-23)13-12-21-8-4-2-5-9-21/h2-20,28H,1H3. The Morgan fingerprint density at radius 1 is 0.750 bits per heavy atom. The molecule has 0 saturated carbocycles. The highest BCUT2D eigenvalue weighted by atomic mass is 16.5. The number of nitrogens with zero attached hydrogens (tertiary/aromatic N) is 1. The second kappa shape index (κ2) is 9.49. The molecule has 1 N–H and O–H groups in total. The van der Waals surface area contributed by atoms with Crippen LogP contribution in [-0.2, 0) is 4.79 Å². The van der Waals surface area contributed by atoms with E-state index in [0.717, 1.165) is 27.3 Å². The molecule has 28 heavy (non-hydrogen) atoms. The Labute approximate surface area is 165 Å². The summed E-state index contributed by atoms with van der Waals surface area (Å²) in [6.45, 7) is 1.79. The van der Waals surface area contributed by atoms with E-state index in [4.69, 9.17) is 0 Å². The van der Waals surface area contributed by atoms with Gasteiger partial charge in [-0.3, -0.25) is 10.0 Å². The first-order chi connectivity index (χ1) is 13.6. The summed E-state index contributed by atoms with van der Waals surface area (Å²) in [5.74, 6) is -0.454. The highest BCUT2D eigenvalue weighted by Gasteiger charge is 2.17. The van der Waals surface area contributed by atoms with Crippen molar-refractivity contribution < 1.29 is 10.0 Å². The van der Waals surface area contributed by atoms with E-state index in [0.29, 0.717) is 0 Å². The molecular formula is C25H23NO2. The minimum Gasteiger partial charge on any atom is -0.285 e. The summed E-state index contributed by atoms with van der Waals surface area (Å²) in [6, 6.07) is 27.0. The predicted octanol–water partition coefficient (Wildman–Crippen LogP) is 5.85. The van der Waals surface area contributed by atoms with Gasteiger partial charge in [-0.2, -0.15) is 0 Å². The largest absolute Gasteiger partial charge is 0.285 e. The van der Waals surface area contributed by atoms with Crippen LogP contribution in [0.2, 0.25) is 0 Å². The Hall–Kier alpha value is -3.43. The lowest BCUT2D eigenvalue weighted by molar-refractivity contribution is -0.169. The maximum absolute atomic E-state index is 12.2. The molecule has 0 fully saturated rings. The zero-order valence-electron chi connectivity index (χ0n) is 15.8. The normalized spacial score (nSPS) is 12.4. The summed E-state index contributed by atoms with van der Waals surface area (Å²) < 4.78 is 0. The van der Waals surface area contributed by atoms with Gasteiger partial charge in [0.2, 0.25) is 0 Å². The van der Waals surface area contributed by atoms with Crippen LogP contribution in [0.5, 0.6) is 0 Å². The van der Waals surface area contributed by atoms with Crippen molar-refractivity contribution in [2.75, 3.05) is 0 Å². The molecule has 0 bridgehead atoms. The Kier molecular flexibility index (Phi) is 6.55. The van der Waals surface area contributed by atoms with Crippen LogP contribution < -0.4 is 0 Å². The van der Waals surface area contributed by atoms with Gasteiger partial charge in [-0.25, -0.2) is 5.06 Å². The Morgan fingerprint density at radius 2 is 1.21 bits per heavy atom. The van der Waals surface area contributed by atoms with Gasteiger partial charge in [-0.05, 0) is 35.3 Å².